The molecule has 2 atom stereocenters. The zero-order chi connectivity index (χ0) is 26.8. The second-order valence-electron chi connectivity index (χ2n) is 9.33. The smallest absolute Gasteiger partial charge is 0.292 e. The summed E-state index contributed by atoms with van der Waals surface area (Å²) in [7, 11) is 0. The van der Waals surface area contributed by atoms with Gasteiger partial charge in [0, 0.05) is 11.1 Å². The molecule has 2 heterocycles. The van der Waals surface area contributed by atoms with Gasteiger partial charge in [-0.15, -0.1) is 0 Å². The van der Waals surface area contributed by atoms with Crippen LogP contribution in [0.15, 0.2) is 72.8 Å². The minimum Gasteiger partial charge on any atom is -0.332 e. The molecule has 5 rings (SSSR count). The van der Waals surface area contributed by atoms with Gasteiger partial charge in [-0.3, -0.25) is 19.2 Å². The molecule has 10 heteroatoms. The van der Waals surface area contributed by atoms with E-state index in [4.69, 9.17) is 0 Å². The number of carbonyl (C=O) groups excluding carboxylic acids is 4. The first-order valence-corrected chi connectivity index (χ1v) is 12.3. The molecule has 2 saturated heterocycles. The lowest BCUT2D eigenvalue weighted by Gasteiger charge is -2.18. The molecule has 8 nitrogen and oxygen atoms in total. The van der Waals surface area contributed by atoms with E-state index in [9.17, 15) is 28.0 Å². The lowest BCUT2D eigenvalue weighted by atomic mass is 10.2. The van der Waals surface area contributed by atoms with Gasteiger partial charge in [-0.05, 0) is 36.4 Å². The number of nitrogens with zero attached hydrogens (tertiary/aromatic N) is 2. The van der Waals surface area contributed by atoms with Crippen LogP contribution >= 0.6 is 0 Å². The second kappa shape index (κ2) is 10.6. The third-order valence-electron chi connectivity index (χ3n) is 6.89. The molecular weight excluding hydrogens is 494 g/mol. The maximum atomic E-state index is 13.9. The van der Waals surface area contributed by atoms with Gasteiger partial charge in [0.05, 0.1) is 24.2 Å². The van der Waals surface area contributed by atoms with Gasteiger partial charge in [-0.1, -0.05) is 36.4 Å². The number of anilines is 2. The number of nitrogens with two attached hydrogens (primary N) is 2. The Morgan fingerprint density at radius 2 is 0.974 bits per heavy atom. The Bertz CT molecular complexity index is 1310. The molecule has 38 heavy (non-hydrogen) atoms. The average molecular weight is 521 g/mol. The van der Waals surface area contributed by atoms with Crippen LogP contribution in [0.3, 0.4) is 0 Å². The number of imide groups is 2. The molecule has 0 saturated carbocycles. The molecule has 0 bridgehead atoms. The topological polar surface area (TPSA) is 108 Å². The highest BCUT2D eigenvalue weighted by Crippen LogP contribution is 2.27. The van der Waals surface area contributed by atoms with Crippen LogP contribution in [0.4, 0.5) is 20.2 Å². The van der Waals surface area contributed by atoms with Gasteiger partial charge in [0.15, 0.2) is 12.1 Å². The number of halogens is 2. The van der Waals surface area contributed by atoms with E-state index < -0.39 is 23.9 Å². The Kier molecular flexibility index (Phi) is 7.08. The van der Waals surface area contributed by atoms with E-state index in [1.165, 1.54) is 36.4 Å². The third-order valence-corrected chi connectivity index (χ3v) is 6.89. The minimum absolute atomic E-state index is 0.0162. The monoisotopic (exact) mass is 520 g/mol. The largest absolute Gasteiger partial charge is 0.332 e. The zero-order valence-electron chi connectivity index (χ0n) is 20.3. The summed E-state index contributed by atoms with van der Waals surface area (Å²) < 4.78 is 27.8. The number of benzene rings is 3. The molecule has 2 aliphatic heterocycles. The normalized spacial score (nSPS) is 19.6. The highest BCUT2D eigenvalue weighted by molar-refractivity contribution is 6.23. The lowest BCUT2D eigenvalue weighted by molar-refractivity contribution is -0.690. The second-order valence-corrected chi connectivity index (χ2v) is 9.33. The fourth-order valence-corrected chi connectivity index (χ4v) is 4.84. The van der Waals surface area contributed by atoms with Crippen molar-refractivity contribution < 1.29 is 38.6 Å². The first-order valence-electron chi connectivity index (χ1n) is 12.3. The van der Waals surface area contributed by atoms with E-state index in [0.717, 1.165) is 9.80 Å². The SMILES string of the molecule is O=C1C[C@H]([NH2+]Cc2ccccc2F)C(=O)N1c1ccc(N2C(=O)C[C@@H]([NH2+]Cc3ccccc3F)C2=O)cc1. The summed E-state index contributed by atoms with van der Waals surface area (Å²) >= 11 is 0. The van der Waals surface area contributed by atoms with E-state index in [-0.39, 0.29) is 49.4 Å². The molecule has 0 aliphatic carbocycles. The summed E-state index contributed by atoms with van der Waals surface area (Å²) in [4.78, 5) is 53.3. The molecule has 0 unspecified atom stereocenters. The van der Waals surface area contributed by atoms with Gasteiger partial charge in [0.1, 0.15) is 24.7 Å². The van der Waals surface area contributed by atoms with E-state index in [1.54, 1.807) is 47.0 Å². The van der Waals surface area contributed by atoms with Crippen LogP contribution < -0.4 is 20.4 Å². The Labute approximate surface area is 217 Å². The summed E-state index contributed by atoms with van der Waals surface area (Å²) in [6.07, 6.45) is -0.0324. The summed E-state index contributed by atoms with van der Waals surface area (Å²) in [6, 6.07) is 17.3. The standard InChI is InChI=1S/C28H24F2N4O4/c29-21-7-3-1-5-17(21)15-31-23-13-25(35)33(27(23)37)19-9-11-20(12-10-19)34-26(36)14-24(28(34)38)32-16-18-6-2-4-8-22(18)30/h1-12,23-24,31-32H,13-16H2/p+2/t23-,24+. The zero-order valence-corrected chi connectivity index (χ0v) is 20.3. The van der Waals surface area contributed by atoms with Gasteiger partial charge < -0.3 is 10.6 Å². The molecule has 194 valence electrons. The van der Waals surface area contributed by atoms with E-state index in [2.05, 4.69) is 0 Å². The van der Waals surface area contributed by atoms with Crippen LogP contribution in [0.1, 0.15) is 24.0 Å². The van der Waals surface area contributed by atoms with E-state index >= 15 is 0 Å². The maximum Gasteiger partial charge on any atom is 0.292 e. The number of quaternary nitrogens is 2. The van der Waals surface area contributed by atoms with Crippen LogP contribution in [0, 0.1) is 11.6 Å². The molecule has 0 aromatic heterocycles. The van der Waals surface area contributed by atoms with Crippen LogP contribution in [0.5, 0.6) is 0 Å². The fourth-order valence-electron chi connectivity index (χ4n) is 4.84. The van der Waals surface area contributed by atoms with Gasteiger partial charge in [-0.25, -0.2) is 18.6 Å². The summed E-state index contributed by atoms with van der Waals surface area (Å²) in [5.74, 6) is -2.31. The Morgan fingerprint density at radius 3 is 1.34 bits per heavy atom. The number of hydrogen-bond acceptors (Lipinski definition) is 4. The molecule has 2 fully saturated rings. The van der Waals surface area contributed by atoms with Crippen molar-refractivity contribution in [1.29, 1.82) is 0 Å². The van der Waals surface area contributed by atoms with Crippen molar-refractivity contribution in [3.63, 3.8) is 0 Å². The number of rotatable bonds is 8. The molecule has 2 aliphatic rings. The molecule has 0 spiro atoms. The minimum atomic E-state index is -0.672. The highest BCUT2D eigenvalue weighted by Gasteiger charge is 2.44. The number of hydrogen-bond donors (Lipinski definition) is 2. The highest BCUT2D eigenvalue weighted by atomic mass is 19.1. The van der Waals surface area contributed by atoms with Crippen LogP contribution in [0.25, 0.3) is 0 Å². The maximum absolute atomic E-state index is 13.9. The van der Waals surface area contributed by atoms with E-state index in [1.807, 2.05) is 0 Å². The Balaban J connectivity index is 1.23. The van der Waals surface area contributed by atoms with Gasteiger partial charge in [-0.2, -0.15) is 0 Å². The number of carbonyl (C=O) groups is 4. The predicted molar refractivity (Wildman–Crippen MR) is 132 cm³/mol. The van der Waals surface area contributed by atoms with Gasteiger partial charge in [0.2, 0.25) is 11.8 Å². The lowest BCUT2D eigenvalue weighted by Crippen LogP contribution is -2.90. The van der Waals surface area contributed by atoms with Crippen molar-refractivity contribution in [3.05, 3.63) is 95.6 Å². The van der Waals surface area contributed by atoms with Crippen molar-refractivity contribution >= 4 is 35.0 Å². The Hall–Kier alpha value is -4.28. The average Bonchev–Trinajstić information content (AvgIpc) is 3.36. The summed E-state index contributed by atoms with van der Waals surface area (Å²) in [5.41, 5.74) is 1.54. The van der Waals surface area contributed by atoms with Crippen LogP contribution in [-0.4, -0.2) is 35.7 Å². The molecule has 4 N–H and O–H groups in total. The van der Waals surface area contributed by atoms with Crippen LogP contribution in [0.2, 0.25) is 0 Å². The molecule has 4 amide bonds. The summed E-state index contributed by atoms with van der Waals surface area (Å²) in [6.45, 7) is 0.439. The molecular formula is C28H26F2N4O4+2. The van der Waals surface area contributed by atoms with Crippen molar-refractivity contribution in [2.45, 2.75) is 38.0 Å². The van der Waals surface area contributed by atoms with Crippen molar-refractivity contribution in [2.24, 2.45) is 0 Å². The van der Waals surface area contributed by atoms with Crippen molar-refractivity contribution in [2.75, 3.05) is 9.80 Å². The molecule has 3 aromatic rings. The first kappa shape index (κ1) is 25.4. The quantitative estimate of drug-likeness (QED) is 0.428. The summed E-state index contributed by atoms with van der Waals surface area (Å²) in [5, 5.41) is 3.29. The molecule has 3 aromatic carbocycles. The van der Waals surface area contributed by atoms with Gasteiger partial charge >= 0.3 is 0 Å². The van der Waals surface area contributed by atoms with Crippen molar-refractivity contribution in [1.82, 2.24) is 0 Å². The number of amides is 4. The van der Waals surface area contributed by atoms with E-state index in [0.29, 0.717) is 22.5 Å². The predicted octanol–water partition coefficient (Wildman–Crippen LogP) is 0.756. The van der Waals surface area contributed by atoms with Crippen LogP contribution in [-0.2, 0) is 32.3 Å². The third kappa shape index (κ3) is 4.96. The first-order chi connectivity index (χ1) is 18.3. The fraction of sp³-hybridized carbons (Fsp3) is 0.214. The van der Waals surface area contributed by atoms with Gasteiger partial charge in [0.25, 0.3) is 11.8 Å². The van der Waals surface area contributed by atoms with Crippen molar-refractivity contribution in [3.8, 4) is 0 Å². The molecule has 0 radical (unpaired) electrons. The Morgan fingerprint density at radius 1 is 0.605 bits per heavy atom.